The number of hydrogen-bond donors (Lipinski definition) is 1. The summed E-state index contributed by atoms with van der Waals surface area (Å²) in [5.74, 6) is 6.03. The molecule has 0 fully saturated rings. The van der Waals surface area contributed by atoms with Crippen LogP contribution in [-0.4, -0.2) is 25.8 Å². The van der Waals surface area contributed by atoms with E-state index in [1.165, 1.54) is 19.3 Å². The predicted octanol–water partition coefficient (Wildman–Crippen LogP) is 2.10. The van der Waals surface area contributed by atoms with E-state index in [9.17, 15) is 14.9 Å². The second-order valence-corrected chi connectivity index (χ2v) is 4.79. The van der Waals surface area contributed by atoms with Crippen molar-refractivity contribution in [2.75, 3.05) is 5.75 Å². The minimum absolute atomic E-state index is 0.00384. The molecular weight excluding hydrogens is 266 g/mol. The zero-order valence-corrected chi connectivity index (χ0v) is 10.8. The van der Waals surface area contributed by atoms with Crippen LogP contribution in [-0.2, 0) is 4.79 Å². The van der Waals surface area contributed by atoms with Crippen molar-refractivity contribution in [3.05, 3.63) is 34.1 Å². The lowest BCUT2D eigenvalue weighted by molar-refractivity contribution is -0.383. The minimum Gasteiger partial charge on any atom is -0.340 e. The largest absolute Gasteiger partial charge is 0.340 e. The average molecular weight is 275 g/mol. The fraction of sp³-hybridized carbons (Fsp3) is 0.167. The summed E-state index contributed by atoms with van der Waals surface area (Å²) in [6, 6.07) is 1.61. The lowest BCUT2D eigenvalue weighted by Crippen LogP contribution is -1.87. The van der Waals surface area contributed by atoms with Gasteiger partial charge in [-0.15, -0.1) is 0 Å². The van der Waals surface area contributed by atoms with Crippen molar-refractivity contribution in [1.82, 2.24) is 9.97 Å². The number of hydrogen-bond acceptors (Lipinski definition) is 5. The van der Waals surface area contributed by atoms with Gasteiger partial charge in [0.05, 0.1) is 22.3 Å². The Bertz CT molecular complexity index is 712. The van der Waals surface area contributed by atoms with Gasteiger partial charge in [-0.2, -0.15) is 0 Å². The number of nitrogens with one attached hydrogen (secondary N) is 1. The van der Waals surface area contributed by atoms with Gasteiger partial charge in [0.1, 0.15) is 5.65 Å². The molecule has 0 spiro atoms. The number of H-pyrrole nitrogens is 1. The molecule has 96 valence electrons. The van der Waals surface area contributed by atoms with Crippen LogP contribution >= 0.6 is 11.8 Å². The Morgan fingerprint density at radius 2 is 2.42 bits per heavy atom. The Morgan fingerprint density at radius 3 is 3.11 bits per heavy atom. The van der Waals surface area contributed by atoms with Gasteiger partial charge in [-0.3, -0.25) is 14.9 Å². The molecule has 0 aliphatic heterocycles. The quantitative estimate of drug-likeness (QED) is 0.515. The summed E-state index contributed by atoms with van der Waals surface area (Å²) in [6.45, 7) is 1.48. The Kier molecular flexibility index (Phi) is 3.82. The number of nitro groups is 1. The number of aromatic nitrogens is 2. The van der Waals surface area contributed by atoms with Gasteiger partial charge in [0.15, 0.2) is 5.12 Å². The monoisotopic (exact) mass is 275 g/mol. The van der Waals surface area contributed by atoms with Crippen molar-refractivity contribution in [3.63, 3.8) is 0 Å². The molecule has 7 heteroatoms. The molecule has 2 aromatic heterocycles. The first-order valence-corrected chi connectivity index (χ1v) is 6.30. The fourth-order valence-corrected chi connectivity index (χ4v) is 1.83. The van der Waals surface area contributed by atoms with Gasteiger partial charge in [-0.25, -0.2) is 4.98 Å². The van der Waals surface area contributed by atoms with E-state index in [4.69, 9.17) is 0 Å². The van der Waals surface area contributed by atoms with Gasteiger partial charge in [0, 0.05) is 18.7 Å². The number of nitrogens with zero attached hydrogens (tertiary/aromatic N) is 2. The molecule has 0 bridgehead atoms. The maximum atomic E-state index is 10.8. The van der Waals surface area contributed by atoms with E-state index < -0.39 is 4.92 Å². The van der Waals surface area contributed by atoms with Crippen LogP contribution in [0, 0.1) is 22.0 Å². The summed E-state index contributed by atoms with van der Waals surface area (Å²) in [5, 5.41) is 11.2. The molecule has 19 heavy (non-hydrogen) atoms. The lowest BCUT2D eigenvalue weighted by atomic mass is 10.2. The number of pyridine rings is 1. The number of carbonyl (C=O) groups is 1. The summed E-state index contributed by atoms with van der Waals surface area (Å²) in [6.07, 6.45) is 2.84. The van der Waals surface area contributed by atoms with E-state index in [1.807, 2.05) is 0 Å². The van der Waals surface area contributed by atoms with E-state index >= 15 is 0 Å². The number of carbonyl (C=O) groups excluding carboxylic acids is 1. The maximum absolute atomic E-state index is 10.8. The van der Waals surface area contributed by atoms with E-state index in [-0.39, 0.29) is 10.8 Å². The smallest absolute Gasteiger partial charge is 0.296 e. The molecule has 2 rings (SSSR count). The Labute approximate surface area is 112 Å². The Morgan fingerprint density at radius 1 is 1.63 bits per heavy atom. The average Bonchev–Trinajstić information content (AvgIpc) is 2.77. The van der Waals surface area contributed by atoms with Crippen molar-refractivity contribution in [3.8, 4) is 11.8 Å². The molecule has 0 amide bonds. The van der Waals surface area contributed by atoms with Crippen LogP contribution in [0.4, 0.5) is 5.69 Å². The second-order valence-electron chi connectivity index (χ2n) is 3.63. The van der Waals surface area contributed by atoms with Crippen LogP contribution in [0.2, 0.25) is 0 Å². The first-order chi connectivity index (χ1) is 9.08. The molecule has 0 saturated heterocycles. The highest BCUT2D eigenvalue weighted by molar-refractivity contribution is 8.13. The maximum Gasteiger partial charge on any atom is 0.296 e. The van der Waals surface area contributed by atoms with Crippen LogP contribution in [0.5, 0.6) is 0 Å². The first kappa shape index (κ1) is 13.1. The molecule has 2 aromatic rings. The highest BCUT2D eigenvalue weighted by Crippen LogP contribution is 2.23. The van der Waals surface area contributed by atoms with Gasteiger partial charge < -0.3 is 4.98 Å². The van der Waals surface area contributed by atoms with Crippen LogP contribution < -0.4 is 0 Å². The standard InChI is InChI=1S/C12H9N3O3S/c1-8(16)19-4-2-3-9-5-10-11(15(17)18)7-14-12(10)13-6-9/h5-7H,4H2,1H3,(H,13,14). The SMILES string of the molecule is CC(=O)SCC#Cc1cnc2[nH]cc([N+](=O)[O-])c2c1. The highest BCUT2D eigenvalue weighted by Gasteiger charge is 2.14. The molecule has 6 nitrogen and oxygen atoms in total. The summed E-state index contributed by atoms with van der Waals surface area (Å²) in [7, 11) is 0. The van der Waals surface area contributed by atoms with E-state index in [0.29, 0.717) is 22.3 Å². The second kappa shape index (κ2) is 5.54. The third-order valence-electron chi connectivity index (χ3n) is 2.29. The topological polar surface area (TPSA) is 88.9 Å². The highest BCUT2D eigenvalue weighted by atomic mass is 32.2. The van der Waals surface area contributed by atoms with Gasteiger partial charge in [0.2, 0.25) is 0 Å². The zero-order valence-electron chi connectivity index (χ0n) is 9.97. The number of aromatic amines is 1. The van der Waals surface area contributed by atoms with Crippen LogP contribution in [0.25, 0.3) is 11.0 Å². The molecular formula is C12H9N3O3S. The summed E-state index contributed by atoms with van der Waals surface area (Å²) in [5.41, 5.74) is 1.01. The van der Waals surface area contributed by atoms with Crippen molar-refractivity contribution < 1.29 is 9.72 Å². The molecule has 0 aliphatic rings. The molecule has 0 unspecified atom stereocenters. The third kappa shape index (κ3) is 3.11. The van der Waals surface area contributed by atoms with E-state index in [0.717, 1.165) is 11.8 Å². The molecule has 1 N–H and O–H groups in total. The van der Waals surface area contributed by atoms with Crippen LogP contribution in [0.1, 0.15) is 12.5 Å². The van der Waals surface area contributed by atoms with Gasteiger partial charge in [-0.05, 0) is 6.07 Å². The van der Waals surface area contributed by atoms with Crippen molar-refractivity contribution in [1.29, 1.82) is 0 Å². The van der Waals surface area contributed by atoms with Crippen LogP contribution in [0.15, 0.2) is 18.5 Å². The fourth-order valence-electron chi connectivity index (χ4n) is 1.48. The molecule has 0 saturated carbocycles. The van der Waals surface area contributed by atoms with Gasteiger partial charge in [0.25, 0.3) is 5.69 Å². The number of thioether (sulfide) groups is 1. The molecule has 0 radical (unpaired) electrons. The Hall–Kier alpha value is -2.33. The summed E-state index contributed by atoms with van der Waals surface area (Å²) >= 11 is 1.12. The zero-order chi connectivity index (χ0) is 13.8. The van der Waals surface area contributed by atoms with Crippen molar-refractivity contribution in [2.45, 2.75) is 6.92 Å². The Balaban J connectivity index is 2.27. The molecule has 0 aromatic carbocycles. The van der Waals surface area contributed by atoms with Crippen molar-refractivity contribution >= 4 is 33.6 Å². The van der Waals surface area contributed by atoms with E-state index in [1.54, 1.807) is 6.07 Å². The number of rotatable bonds is 2. The van der Waals surface area contributed by atoms with Gasteiger partial charge in [-0.1, -0.05) is 23.6 Å². The van der Waals surface area contributed by atoms with Crippen LogP contribution in [0.3, 0.4) is 0 Å². The number of fused-ring (bicyclic) bond motifs is 1. The molecule has 2 heterocycles. The minimum atomic E-state index is -0.469. The third-order valence-corrected chi connectivity index (χ3v) is 2.98. The summed E-state index contributed by atoms with van der Waals surface area (Å²) in [4.78, 5) is 27.8. The van der Waals surface area contributed by atoms with E-state index in [2.05, 4.69) is 21.8 Å². The summed E-state index contributed by atoms with van der Waals surface area (Å²) < 4.78 is 0. The predicted molar refractivity (Wildman–Crippen MR) is 72.8 cm³/mol. The lowest BCUT2D eigenvalue weighted by Gasteiger charge is -1.92. The van der Waals surface area contributed by atoms with Gasteiger partial charge >= 0.3 is 0 Å². The normalized spacial score (nSPS) is 9.95. The van der Waals surface area contributed by atoms with Crippen molar-refractivity contribution in [2.24, 2.45) is 0 Å². The first-order valence-electron chi connectivity index (χ1n) is 5.31. The molecule has 0 atom stereocenters. The molecule has 0 aliphatic carbocycles.